The van der Waals surface area contributed by atoms with Crippen LogP contribution in [0.3, 0.4) is 0 Å². The smallest absolute Gasteiger partial charge is 0.321 e. The van der Waals surface area contributed by atoms with Crippen molar-refractivity contribution in [2.24, 2.45) is 0 Å². The van der Waals surface area contributed by atoms with Gasteiger partial charge in [-0.05, 0) is 48.3 Å². The molecule has 0 bridgehead atoms. The van der Waals surface area contributed by atoms with Crippen molar-refractivity contribution in [3.8, 4) is 11.8 Å². The first kappa shape index (κ1) is 17.1. The maximum absolute atomic E-state index is 11.7. The summed E-state index contributed by atoms with van der Waals surface area (Å²) in [4.78, 5) is 19.7. The van der Waals surface area contributed by atoms with Crippen LogP contribution in [0.2, 0.25) is 0 Å². The van der Waals surface area contributed by atoms with Crippen molar-refractivity contribution in [1.82, 2.24) is 15.3 Å². The second-order valence-electron chi connectivity index (χ2n) is 4.59. The Balaban J connectivity index is 1.75. The number of nitrogens with one attached hydrogen (secondary N) is 2. The number of hydrogen-bond donors (Lipinski definition) is 2. The van der Waals surface area contributed by atoms with Crippen LogP contribution in [0.15, 0.2) is 42.7 Å². The molecule has 0 aliphatic carbocycles. The van der Waals surface area contributed by atoms with Crippen molar-refractivity contribution in [3.63, 3.8) is 0 Å². The molecule has 122 valence electrons. The van der Waals surface area contributed by atoms with Crippen LogP contribution in [0.4, 0.5) is 10.5 Å². The van der Waals surface area contributed by atoms with Crippen LogP contribution in [0, 0.1) is 0 Å². The Labute approximate surface area is 140 Å². The van der Waals surface area contributed by atoms with Crippen molar-refractivity contribution < 1.29 is 9.53 Å². The van der Waals surface area contributed by atoms with Crippen LogP contribution >= 0.6 is 11.8 Å². The molecule has 2 N–H and O–H groups in total. The number of nitrogens with zero attached hydrogens (tertiary/aromatic N) is 2. The molecule has 6 nitrogen and oxygen atoms in total. The van der Waals surface area contributed by atoms with Gasteiger partial charge in [0.15, 0.2) is 0 Å². The largest absolute Gasteiger partial charge is 0.424 e. The fraction of sp³-hybridized carbons (Fsp3) is 0.312. The number of carbonyl (C=O) groups is 1. The fourth-order valence-corrected chi connectivity index (χ4v) is 2.38. The van der Waals surface area contributed by atoms with Crippen LogP contribution in [-0.2, 0) is 0 Å². The molecule has 1 aromatic heterocycles. The van der Waals surface area contributed by atoms with E-state index in [1.807, 2.05) is 11.8 Å². The molecule has 7 heteroatoms. The SMILES string of the molecule is CCSCCCNC(=O)Nc1ccc(Oc2ncccn2)cc1. The lowest BCUT2D eigenvalue weighted by Crippen LogP contribution is -2.29. The summed E-state index contributed by atoms with van der Waals surface area (Å²) in [6.07, 6.45) is 4.19. The highest BCUT2D eigenvalue weighted by Gasteiger charge is 2.03. The molecule has 2 aromatic rings. The van der Waals surface area contributed by atoms with Crippen molar-refractivity contribution in [1.29, 1.82) is 0 Å². The molecule has 2 rings (SSSR count). The van der Waals surface area contributed by atoms with Gasteiger partial charge < -0.3 is 15.4 Å². The van der Waals surface area contributed by atoms with E-state index in [1.165, 1.54) is 0 Å². The summed E-state index contributed by atoms with van der Waals surface area (Å²) in [5.41, 5.74) is 0.701. The molecule has 0 radical (unpaired) electrons. The van der Waals surface area contributed by atoms with E-state index in [1.54, 1.807) is 42.7 Å². The molecule has 0 spiro atoms. The van der Waals surface area contributed by atoms with Crippen LogP contribution < -0.4 is 15.4 Å². The van der Waals surface area contributed by atoms with Gasteiger partial charge in [-0.1, -0.05) is 6.92 Å². The number of hydrogen-bond acceptors (Lipinski definition) is 5. The average molecular weight is 332 g/mol. The van der Waals surface area contributed by atoms with Gasteiger partial charge in [0.25, 0.3) is 0 Å². The Bertz CT molecular complexity index is 593. The van der Waals surface area contributed by atoms with Crippen LogP contribution in [0.25, 0.3) is 0 Å². The molecule has 1 heterocycles. The number of carbonyl (C=O) groups excluding carboxylic acids is 1. The van der Waals surface area contributed by atoms with E-state index in [2.05, 4.69) is 27.5 Å². The molecule has 23 heavy (non-hydrogen) atoms. The van der Waals surface area contributed by atoms with Gasteiger partial charge in [-0.3, -0.25) is 0 Å². The summed E-state index contributed by atoms with van der Waals surface area (Å²) >= 11 is 1.87. The first-order valence-electron chi connectivity index (χ1n) is 7.45. The second kappa shape index (κ2) is 9.68. The molecule has 0 atom stereocenters. The lowest BCUT2D eigenvalue weighted by atomic mass is 10.3. The molecule has 0 aliphatic rings. The number of thioether (sulfide) groups is 1. The van der Waals surface area contributed by atoms with E-state index < -0.39 is 0 Å². The molecular formula is C16H20N4O2S. The van der Waals surface area contributed by atoms with Gasteiger partial charge in [0.2, 0.25) is 0 Å². The van der Waals surface area contributed by atoms with Crippen molar-refractivity contribution >= 4 is 23.5 Å². The zero-order valence-corrected chi connectivity index (χ0v) is 13.8. The Hall–Kier alpha value is -2.28. The third kappa shape index (κ3) is 6.56. The van der Waals surface area contributed by atoms with Gasteiger partial charge in [-0.25, -0.2) is 14.8 Å². The highest BCUT2D eigenvalue weighted by molar-refractivity contribution is 7.99. The summed E-state index contributed by atoms with van der Waals surface area (Å²) in [5, 5.41) is 5.61. The highest BCUT2D eigenvalue weighted by atomic mass is 32.2. The summed E-state index contributed by atoms with van der Waals surface area (Å²) < 4.78 is 5.49. The van der Waals surface area contributed by atoms with E-state index >= 15 is 0 Å². The number of anilines is 1. The fourth-order valence-electron chi connectivity index (χ4n) is 1.75. The van der Waals surface area contributed by atoms with Crippen LogP contribution in [0.1, 0.15) is 13.3 Å². The molecule has 0 saturated heterocycles. The minimum absolute atomic E-state index is 0.202. The topological polar surface area (TPSA) is 76.1 Å². The van der Waals surface area contributed by atoms with Gasteiger partial charge >= 0.3 is 12.0 Å². The van der Waals surface area contributed by atoms with E-state index in [0.717, 1.165) is 17.9 Å². The van der Waals surface area contributed by atoms with E-state index in [0.29, 0.717) is 18.0 Å². The summed E-state index contributed by atoms with van der Waals surface area (Å²) in [5.74, 6) is 2.78. The quantitative estimate of drug-likeness (QED) is 0.723. The standard InChI is InChI=1S/C16H20N4O2S/c1-2-23-12-4-11-17-15(21)20-13-5-7-14(8-6-13)22-16-18-9-3-10-19-16/h3,5-10H,2,4,11-12H2,1H3,(H2,17,20,21). The predicted octanol–water partition coefficient (Wildman–Crippen LogP) is 3.53. The van der Waals surface area contributed by atoms with E-state index in [4.69, 9.17) is 4.74 Å². The summed E-state index contributed by atoms with van der Waals surface area (Å²) in [6.45, 7) is 2.80. The second-order valence-corrected chi connectivity index (χ2v) is 5.98. The minimum Gasteiger partial charge on any atom is -0.424 e. The van der Waals surface area contributed by atoms with E-state index in [9.17, 15) is 4.79 Å². The highest BCUT2D eigenvalue weighted by Crippen LogP contribution is 2.19. The third-order valence-corrected chi connectivity index (χ3v) is 3.80. The number of ether oxygens (including phenoxy) is 1. The van der Waals surface area contributed by atoms with Gasteiger partial charge in [0, 0.05) is 24.6 Å². The number of aromatic nitrogens is 2. The molecule has 0 saturated carbocycles. The first-order valence-corrected chi connectivity index (χ1v) is 8.61. The maximum atomic E-state index is 11.7. The van der Waals surface area contributed by atoms with Gasteiger partial charge in [0.05, 0.1) is 0 Å². The predicted molar refractivity (Wildman–Crippen MR) is 93.2 cm³/mol. The summed E-state index contributed by atoms with van der Waals surface area (Å²) in [7, 11) is 0. The van der Waals surface area contributed by atoms with Gasteiger partial charge in [-0.2, -0.15) is 11.8 Å². The average Bonchev–Trinajstić information content (AvgIpc) is 2.57. The molecule has 0 aliphatic heterocycles. The molecule has 0 fully saturated rings. The molecule has 0 unspecified atom stereocenters. The van der Waals surface area contributed by atoms with Crippen LogP contribution in [0.5, 0.6) is 11.8 Å². The number of urea groups is 1. The Morgan fingerprint density at radius 1 is 1.22 bits per heavy atom. The van der Waals surface area contributed by atoms with Crippen molar-refractivity contribution in [2.45, 2.75) is 13.3 Å². The van der Waals surface area contributed by atoms with E-state index in [-0.39, 0.29) is 12.0 Å². The molecular weight excluding hydrogens is 312 g/mol. The normalized spacial score (nSPS) is 10.1. The monoisotopic (exact) mass is 332 g/mol. The zero-order chi connectivity index (χ0) is 16.3. The van der Waals surface area contributed by atoms with Crippen molar-refractivity contribution in [3.05, 3.63) is 42.7 Å². The number of amides is 2. The Kier molecular flexibility index (Phi) is 7.19. The molecule has 2 amide bonds. The number of benzene rings is 1. The van der Waals surface area contributed by atoms with Gasteiger partial charge in [-0.15, -0.1) is 0 Å². The maximum Gasteiger partial charge on any atom is 0.321 e. The summed E-state index contributed by atoms with van der Waals surface area (Å²) in [6, 6.07) is 8.85. The lowest BCUT2D eigenvalue weighted by Gasteiger charge is -2.08. The van der Waals surface area contributed by atoms with Gasteiger partial charge in [0.1, 0.15) is 5.75 Å². The van der Waals surface area contributed by atoms with Crippen LogP contribution in [-0.4, -0.2) is 34.0 Å². The number of rotatable bonds is 8. The lowest BCUT2D eigenvalue weighted by molar-refractivity contribution is 0.252. The molecule has 1 aromatic carbocycles. The first-order chi connectivity index (χ1) is 11.3. The Morgan fingerprint density at radius 3 is 2.65 bits per heavy atom. The zero-order valence-electron chi connectivity index (χ0n) is 13.0. The minimum atomic E-state index is -0.202. The third-order valence-electron chi connectivity index (χ3n) is 2.82. The van der Waals surface area contributed by atoms with Crippen molar-refractivity contribution in [2.75, 3.05) is 23.4 Å². The Morgan fingerprint density at radius 2 is 1.96 bits per heavy atom.